The van der Waals surface area contributed by atoms with Crippen LogP contribution in [0.1, 0.15) is 72.1 Å². The molecule has 138 valence electrons. The number of carbonyl (C=O) groups is 2. The molecule has 0 aromatic rings. The second-order valence-electron chi connectivity index (χ2n) is 10.6. The third kappa shape index (κ3) is 2.08. The molecule has 0 N–H and O–H groups in total. The Morgan fingerprint density at radius 3 is 2.36 bits per heavy atom. The molecule has 1 saturated heterocycles. The quantitative estimate of drug-likeness (QED) is 0.670. The van der Waals surface area contributed by atoms with Crippen molar-refractivity contribution in [3.63, 3.8) is 0 Å². The van der Waals surface area contributed by atoms with Crippen LogP contribution in [0.3, 0.4) is 0 Å². The highest BCUT2D eigenvalue weighted by atomic mass is 16.6. The molecule has 1 heterocycles. The molecule has 25 heavy (non-hydrogen) atoms. The Morgan fingerprint density at radius 2 is 1.64 bits per heavy atom. The zero-order valence-corrected chi connectivity index (χ0v) is 16.0. The molecule has 1 aliphatic heterocycles. The number of hydrogen-bond donors (Lipinski definition) is 0. The molecule has 5 rings (SSSR count). The fourth-order valence-corrected chi connectivity index (χ4v) is 8.15. The lowest BCUT2D eigenvalue weighted by atomic mass is 9.44. The van der Waals surface area contributed by atoms with Crippen molar-refractivity contribution in [2.24, 2.45) is 40.4 Å². The SMILES string of the molecule is C[C@]12CCC(=O)C[C@H]1C(=O)C[C@@H]1[C@@H]2CC[C@@]2(C)[C@H]1CC[C@@H]2[C@@]1(C)CO1. The van der Waals surface area contributed by atoms with Crippen LogP contribution in [0, 0.1) is 40.4 Å². The number of hydrogen-bond acceptors (Lipinski definition) is 3. The third-order valence-corrected chi connectivity index (χ3v) is 9.62. The Bertz CT molecular complexity index is 635. The van der Waals surface area contributed by atoms with Crippen LogP contribution in [-0.2, 0) is 14.3 Å². The maximum Gasteiger partial charge on any atom is 0.137 e. The van der Waals surface area contributed by atoms with Crippen molar-refractivity contribution in [1.29, 1.82) is 0 Å². The number of Topliss-reactive ketones (excluding diaryl/α,β-unsaturated/α-hetero) is 2. The van der Waals surface area contributed by atoms with Crippen molar-refractivity contribution in [2.75, 3.05) is 6.61 Å². The summed E-state index contributed by atoms with van der Waals surface area (Å²) in [4.78, 5) is 25.0. The van der Waals surface area contributed by atoms with E-state index in [1.807, 2.05) is 0 Å². The van der Waals surface area contributed by atoms with E-state index in [-0.39, 0.29) is 16.9 Å². The lowest BCUT2D eigenvalue weighted by Gasteiger charge is -2.59. The summed E-state index contributed by atoms with van der Waals surface area (Å²) >= 11 is 0. The highest BCUT2D eigenvalue weighted by Gasteiger charge is 2.66. The topological polar surface area (TPSA) is 46.7 Å². The fraction of sp³-hybridized carbons (Fsp3) is 0.909. The van der Waals surface area contributed by atoms with Gasteiger partial charge in [-0.05, 0) is 73.5 Å². The molecule has 4 saturated carbocycles. The molecule has 0 amide bonds. The first-order chi connectivity index (χ1) is 11.8. The summed E-state index contributed by atoms with van der Waals surface area (Å²) in [6.45, 7) is 8.07. The molecule has 5 fully saturated rings. The lowest BCUT2D eigenvalue weighted by molar-refractivity contribution is -0.159. The summed E-state index contributed by atoms with van der Waals surface area (Å²) < 4.78 is 5.86. The van der Waals surface area contributed by atoms with Crippen LogP contribution >= 0.6 is 0 Å². The zero-order valence-electron chi connectivity index (χ0n) is 16.0. The summed E-state index contributed by atoms with van der Waals surface area (Å²) in [5.74, 6) is 3.27. The predicted molar refractivity (Wildman–Crippen MR) is 95.0 cm³/mol. The van der Waals surface area contributed by atoms with E-state index in [0.717, 1.165) is 19.4 Å². The second-order valence-corrected chi connectivity index (χ2v) is 10.6. The maximum absolute atomic E-state index is 13.0. The number of rotatable bonds is 1. The van der Waals surface area contributed by atoms with Gasteiger partial charge in [0.15, 0.2) is 0 Å². The van der Waals surface area contributed by atoms with Crippen LogP contribution in [-0.4, -0.2) is 23.8 Å². The van der Waals surface area contributed by atoms with Crippen molar-refractivity contribution < 1.29 is 14.3 Å². The van der Waals surface area contributed by atoms with Crippen molar-refractivity contribution in [2.45, 2.75) is 77.7 Å². The molecule has 8 atom stereocenters. The number of fused-ring (bicyclic) bond motifs is 5. The van der Waals surface area contributed by atoms with E-state index in [9.17, 15) is 9.59 Å². The van der Waals surface area contributed by atoms with Gasteiger partial charge in [0, 0.05) is 25.2 Å². The standard InChI is InChI=1S/C22H32O3/c1-20-8-6-13(23)10-17(20)18(24)11-14-15-4-5-19(22(3)12-25-22)21(15,2)9-7-16(14)20/h14-17,19H,4-12H2,1-3H3/t14-,15-,16-,17-,19-,20+,21-,22+/m0/s1. The summed E-state index contributed by atoms with van der Waals surface area (Å²) in [5, 5.41) is 0. The van der Waals surface area contributed by atoms with Gasteiger partial charge >= 0.3 is 0 Å². The fourth-order valence-electron chi connectivity index (χ4n) is 8.15. The minimum absolute atomic E-state index is 0.0147. The summed E-state index contributed by atoms with van der Waals surface area (Å²) in [6.07, 6.45) is 7.97. The molecular formula is C22H32O3. The van der Waals surface area contributed by atoms with Crippen LogP contribution in [0.5, 0.6) is 0 Å². The highest BCUT2D eigenvalue weighted by Crippen LogP contribution is 2.69. The zero-order chi connectivity index (χ0) is 17.6. The van der Waals surface area contributed by atoms with Gasteiger partial charge in [0.1, 0.15) is 11.6 Å². The third-order valence-electron chi connectivity index (χ3n) is 9.62. The van der Waals surface area contributed by atoms with Gasteiger partial charge in [0.25, 0.3) is 0 Å². The molecular weight excluding hydrogens is 312 g/mol. The Labute approximate surface area is 151 Å². The van der Waals surface area contributed by atoms with Crippen molar-refractivity contribution in [3.8, 4) is 0 Å². The average Bonchev–Trinajstić information content (AvgIpc) is 3.18. The van der Waals surface area contributed by atoms with Gasteiger partial charge < -0.3 is 4.74 Å². The first-order valence-electron chi connectivity index (χ1n) is 10.5. The Kier molecular flexibility index (Phi) is 3.27. The first-order valence-corrected chi connectivity index (χ1v) is 10.5. The van der Waals surface area contributed by atoms with Crippen molar-refractivity contribution in [3.05, 3.63) is 0 Å². The van der Waals surface area contributed by atoms with Crippen LogP contribution in [0.15, 0.2) is 0 Å². The van der Waals surface area contributed by atoms with E-state index in [1.54, 1.807) is 0 Å². The average molecular weight is 344 g/mol. The van der Waals surface area contributed by atoms with Crippen molar-refractivity contribution in [1.82, 2.24) is 0 Å². The van der Waals surface area contributed by atoms with Crippen LogP contribution < -0.4 is 0 Å². The van der Waals surface area contributed by atoms with Gasteiger partial charge in [-0.15, -0.1) is 0 Å². The van der Waals surface area contributed by atoms with Crippen molar-refractivity contribution >= 4 is 11.6 Å². The highest BCUT2D eigenvalue weighted by molar-refractivity contribution is 5.90. The van der Waals surface area contributed by atoms with E-state index in [2.05, 4.69) is 20.8 Å². The number of ketones is 2. The maximum atomic E-state index is 13.0. The lowest BCUT2D eigenvalue weighted by Crippen LogP contribution is -2.57. The van der Waals surface area contributed by atoms with E-state index in [0.29, 0.717) is 53.5 Å². The van der Waals surface area contributed by atoms with E-state index in [1.165, 1.54) is 25.7 Å². The molecule has 3 nitrogen and oxygen atoms in total. The molecule has 0 bridgehead atoms. The van der Waals surface area contributed by atoms with E-state index < -0.39 is 0 Å². The molecule has 5 aliphatic rings. The number of ether oxygens (including phenoxy) is 1. The smallest absolute Gasteiger partial charge is 0.137 e. The van der Waals surface area contributed by atoms with Gasteiger partial charge in [0.2, 0.25) is 0 Å². The molecule has 0 spiro atoms. The van der Waals surface area contributed by atoms with Gasteiger partial charge in [-0.2, -0.15) is 0 Å². The van der Waals surface area contributed by atoms with E-state index >= 15 is 0 Å². The molecule has 0 aromatic carbocycles. The molecule has 4 aliphatic carbocycles. The van der Waals surface area contributed by atoms with Crippen LogP contribution in [0.25, 0.3) is 0 Å². The minimum atomic E-state index is 0.0147. The van der Waals surface area contributed by atoms with Gasteiger partial charge in [0.05, 0.1) is 12.2 Å². The number of carbonyl (C=O) groups excluding carboxylic acids is 2. The molecule has 3 heteroatoms. The molecule has 0 unspecified atom stereocenters. The summed E-state index contributed by atoms with van der Waals surface area (Å²) in [6, 6.07) is 0. The Morgan fingerprint density at radius 1 is 0.920 bits per heavy atom. The Hall–Kier alpha value is -0.700. The Balaban J connectivity index is 1.48. The van der Waals surface area contributed by atoms with Gasteiger partial charge in [-0.3, -0.25) is 9.59 Å². The summed E-state index contributed by atoms with van der Waals surface area (Å²) in [7, 11) is 0. The number of epoxide rings is 1. The molecule has 0 aromatic heterocycles. The van der Waals surface area contributed by atoms with Crippen LogP contribution in [0.2, 0.25) is 0 Å². The minimum Gasteiger partial charge on any atom is -0.370 e. The largest absolute Gasteiger partial charge is 0.370 e. The first kappa shape index (κ1) is 16.5. The normalized spacial score (nSPS) is 57.6. The monoisotopic (exact) mass is 344 g/mol. The summed E-state index contributed by atoms with van der Waals surface area (Å²) in [5.41, 5.74) is 0.534. The van der Waals surface area contributed by atoms with Gasteiger partial charge in [-0.25, -0.2) is 0 Å². The van der Waals surface area contributed by atoms with E-state index in [4.69, 9.17) is 4.74 Å². The van der Waals surface area contributed by atoms with Gasteiger partial charge in [-0.1, -0.05) is 13.8 Å². The predicted octanol–water partition coefficient (Wildman–Crippen LogP) is 4.18. The molecule has 0 radical (unpaired) electrons. The van der Waals surface area contributed by atoms with Crippen LogP contribution in [0.4, 0.5) is 0 Å². The second kappa shape index (κ2) is 4.97.